The Labute approximate surface area is 76.3 Å². The minimum absolute atomic E-state index is 0.0938. The Balaban J connectivity index is 2.94. The van der Waals surface area contributed by atoms with Crippen LogP contribution in [0, 0.1) is 0 Å². The molecule has 0 amide bonds. The van der Waals surface area contributed by atoms with E-state index in [1.807, 2.05) is 0 Å². The molecular weight excluding hydrogens is 209 g/mol. The van der Waals surface area contributed by atoms with E-state index in [-0.39, 0.29) is 10.8 Å². The lowest BCUT2D eigenvalue weighted by molar-refractivity contribution is -0.274. The molecule has 0 aliphatic rings. The molecule has 1 rings (SSSR count). The fourth-order valence-corrected chi connectivity index (χ4v) is 0.780. The summed E-state index contributed by atoms with van der Waals surface area (Å²) in [6, 6.07) is 0.899. The molecule has 1 heterocycles. The van der Waals surface area contributed by atoms with E-state index in [1.54, 1.807) is 0 Å². The van der Waals surface area contributed by atoms with E-state index < -0.39 is 12.1 Å². The lowest BCUT2D eigenvalue weighted by Crippen LogP contribution is -2.17. The highest BCUT2D eigenvalue weighted by atomic mass is 35.5. The van der Waals surface area contributed by atoms with Gasteiger partial charge in [-0.25, -0.2) is 4.98 Å². The van der Waals surface area contributed by atoms with Crippen molar-refractivity contribution >= 4 is 17.4 Å². The summed E-state index contributed by atoms with van der Waals surface area (Å²) in [7, 11) is 0. The van der Waals surface area contributed by atoms with Crippen LogP contribution >= 0.6 is 11.6 Å². The number of ether oxygens (including phenoxy) is 1. The van der Waals surface area contributed by atoms with Gasteiger partial charge in [0.25, 0.3) is 0 Å². The van der Waals surface area contributed by atoms with E-state index in [1.165, 1.54) is 0 Å². The Morgan fingerprint density at radius 3 is 2.62 bits per heavy atom. The van der Waals surface area contributed by atoms with Crippen molar-refractivity contribution in [3.8, 4) is 5.75 Å². The van der Waals surface area contributed by atoms with Crippen LogP contribution in [0.15, 0.2) is 12.3 Å². The average Bonchev–Trinajstić information content (AvgIpc) is 1.94. The molecule has 7 heteroatoms. The number of nitrogens with two attached hydrogens (primary N) is 1. The number of alkyl halides is 3. The lowest BCUT2D eigenvalue weighted by atomic mass is 10.4. The van der Waals surface area contributed by atoms with Crippen molar-refractivity contribution in [1.82, 2.24) is 4.98 Å². The van der Waals surface area contributed by atoms with Crippen LogP contribution in [-0.4, -0.2) is 11.3 Å². The predicted molar refractivity (Wildman–Crippen MR) is 40.3 cm³/mol. The van der Waals surface area contributed by atoms with Gasteiger partial charge in [-0.15, -0.1) is 13.2 Å². The highest BCUT2D eigenvalue weighted by molar-refractivity contribution is 6.31. The van der Waals surface area contributed by atoms with Crippen molar-refractivity contribution < 1.29 is 17.9 Å². The zero-order valence-corrected chi connectivity index (χ0v) is 6.86. The Morgan fingerprint density at radius 2 is 2.08 bits per heavy atom. The maximum absolute atomic E-state index is 11.7. The van der Waals surface area contributed by atoms with E-state index >= 15 is 0 Å². The zero-order valence-electron chi connectivity index (χ0n) is 6.10. The van der Waals surface area contributed by atoms with Crippen LogP contribution in [-0.2, 0) is 0 Å². The Hall–Kier alpha value is -1.17. The maximum atomic E-state index is 11.7. The quantitative estimate of drug-likeness (QED) is 0.777. The fourth-order valence-electron chi connectivity index (χ4n) is 0.638. The first-order chi connectivity index (χ1) is 5.88. The normalized spacial score (nSPS) is 11.4. The van der Waals surface area contributed by atoms with Crippen molar-refractivity contribution in [1.29, 1.82) is 0 Å². The van der Waals surface area contributed by atoms with Gasteiger partial charge in [-0.05, 0) is 0 Å². The third-order valence-corrected chi connectivity index (χ3v) is 1.35. The number of halogens is 4. The molecule has 0 aliphatic carbocycles. The number of hydrogen-bond acceptors (Lipinski definition) is 3. The molecule has 0 saturated carbocycles. The van der Waals surface area contributed by atoms with Crippen LogP contribution in [0.1, 0.15) is 0 Å². The first kappa shape index (κ1) is 9.91. The van der Waals surface area contributed by atoms with E-state index in [0.29, 0.717) is 0 Å². The highest BCUT2D eigenvalue weighted by Crippen LogP contribution is 2.30. The molecule has 13 heavy (non-hydrogen) atoms. The van der Waals surface area contributed by atoms with Gasteiger partial charge in [-0.1, -0.05) is 11.6 Å². The van der Waals surface area contributed by atoms with E-state index in [0.717, 1.165) is 12.3 Å². The molecule has 0 aromatic carbocycles. The van der Waals surface area contributed by atoms with Crippen LogP contribution in [0.3, 0.4) is 0 Å². The summed E-state index contributed by atoms with van der Waals surface area (Å²) in [5, 5.41) is -0.244. The van der Waals surface area contributed by atoms with Crippen molar-refractivity contribution in [3.63, 3.8) is 0 Å². The zero-order chi connectivity index (χ0) is 10.1. The largest absolute Gasteiger partial charge is 0.573 e. The van der Waals surface area contributed by atoms with E-state index in [9.17, 15) is 13.2 Å². The molecule has 0 atom stereocenters. The summed E-state index contributed by atoms with van der Waals surface area (Å²) in [5.74, 6) is -0.648. The molecule has 1 aromatic rings. The number of nitrogen functional groups attached to an aromatic ring is 1. The number of rotatable bonds is 1. The number of anilines is 1. The van der Waals surface area contributed by atoms with Gasteiger partial charge in [0.2, 0.25) is 0 Å². The topological polar surface area (TPSA) is 48.1 Å². The SMILES string of the molecule is Nc1cc(OC(F)(F)F)c(Cl)cn1. The molecule has 3 nitrogen and oxygen atoms in total. The van der Waals surface area contributed by atoms with Gasteiger partial charge in [-0.2, -0.15) is 0 Å². The molecule has 0 bridgehead atoms. The Morgan fingerprint density at radius 1 is 1.46 bits per heavy atom. The smallest absolute Gasteiger partial charge is 0.404 e. The third kappa shape index (κ3) is 2.98. The Bertz CT molecular complexity index is 315. The van der Waals surface area contributed by atoms with Crippen molar-refractivity contribution in [3.05, 3.63) is 17.3 Å². The molecule has 0 fully saturated rings. The molecule has 2 N–H and O–H groups in total. The van der Waals surface area contributed by atoms with Crippen LogP contribution < -0.4 is 10.5 Å². The van der Waals surface area contributed by atoms with E-state index in [4.69, 9.17) is 17.3 Å². The molecule has 0 saturated heterocycles. The maximum Gasteiger partial charge on any atom is 0.573 e. The van der Waals surface area contributed by atoms with Gasteiger partial charge < -0.3 is 10.5 Å². The number of nitrogens with zero attached hydrogens (tertiary/aromatic N) is 1. The molecule has 0 aliphatic heterocycles. The van der Waals surface area contributed by atoms with Crippen molar-refractivity contribution in [2.45, 2.75) is 6.36 Å². The van der Waals surface area contributed by atoms with Crippen LogP contribution in [0.4, 0.5) is 19.0 Å². The van der Waals surface area contributed by atoms with Gasteiger partial charge in [0.05, 0.1) is 6.20 Å². The van der Waals surface area contributed by atoms with Crippen molar-refractivity contribution in [2.75, 3.05) is 5.73 Å². The summed E-state index contributed by atoms with van der Waals surface area (Å²) in [6.45, 7) is 0. The van der Waals surface area contributed by atoms with Gasteiger partial charge in [0.15, 0.2) is 5.75 Å². The van der Waals surface area contributed by atoms with Gasteiger partial charge in [-0.3, -0.25) is 0 Å². The third-order valence-electron chi connectivity index (χ3n) is 1.07. The van der Waals surface area contributed by atoms with Crippen molar-refractivity contribution in [2.24, 2.45) is 0 Å². The molecule has 1 aromatic heterocycles. The highest BCUT2D eigenvalue weighted by Gasteiger charge is 2.32. The first-order valence-corrected chi connectivity index (χ1v) is 3.43. The van der Waals surface area contributed by atoms with Crippen LogP contribution in [0.2, 0.25) is 5.02 Å². The summed E-state index contributed by atoms with van der Waals surface area (Å²) >= 11 is 5.36. The minimum atomic E-state index is -4.78. The first-order valence-electron chi connectivity index (χ1n) is 3.05. The van der Waals surface area contributed by atoms with E-state index in [2.05, 4.69) is 9.72 Å². The average molecular weight is 213 g/mol. The molecule has 0 spiro atoms. The minimum Gasteiger partial charge on any atom is -0.404 e. The fraction of sp³-hybridized carbons (Fsp3) is 0.167. The van der Waals surface area contributed by atoms with Gasteiger partial charge in [0.1, 0.15) is 10.8 Å². The molecule has 0 radical (unpaired) electrons. The molecule has 72 valence electrons. The monoisotopic (exact) mass is 212 g/mol. The lowest BCUT2D eigenvalue weighted by Gasteiger charge is -2.09. The summed E-state index contributed by atoms with van der Waals surface area (Å²) < 4.78 is 38.7. The summed E-state index contributed by atoms with van der Waals surface area (Å²) in [6.07, 6.45) is -3.80. The van der Waals surface area contributed by atoms with Crippen LogP contribution in [0.25, 0.3) is 0 Å². The number of pyridine rings is 1. The summed E-state index contributed by atoms with van der Waals surface area (Å²) in [4.78, 5) is 3.47. The van der Waals surface area contributed by atoms with Crippen LogP contribution in [0.5, 0.6) is 5.75 Å². The second kappa shape index (κ2) is 3.29. The molecular formula is C6H4ClF3N2O. The second-order valence-electron chi connectivity index (χ2n) is 2.09. The van der Waals surface area contributed by atoms with Gasteiger partial charge in [0, 0.05) is 6.07 Å². The summed E-state index contributed by atoms with van der Waals surface area (Å²) in [5.41, 5.74) is 5.13. The standard InChI is InChI=1S/C6H4ClF3N2O/c7-3-2-12-5(11)1-4(3)13-6(8,9)10/h1-2H,(H2,11,12). The molecule has 0 unspecified atom stereocenters. The Kier molecular flexibility index (Phi) is 2.51. The predicted octanol–water partition coefficient (Wildman–Crippen LogP) is 2.22. The van der Waals surface area contributed by atoms with Gasteiger partial charge >= 0.3 is 6.36 Å². The number of hydrogen-bond donors (Lipinski definition) is 1. The number of aromatic nitrogens is 1. The second-order valence-corrected chi connectivity index (χ2v) is 2.49.